The van der Waals surface area contributed by atoms with Crippen LogP contribution >= 0.6 is 15.6 Å². The van der Waals surface area contributed by atoms with Crippen molar-refractivity contribution in [2.24, 2.45) is 23.7 Å². The van der Waals surface area contributed by atoms with E-state index >= 15 is 0 Å². The number of esters is 4. The summed E-state index contributed by atoms with van der Waals surface area (Å²) >= 11 is 0. The van der Waals surface area contributed by atoms with Crippen LogP contribution < -0.4 is 0 Å². The first kappa shape index (κ1) is 91.1. The topological polar surface area (TPSA) is 237 Å². The first-order valence-corrected chi connectivity index (χ1v) is 41.2. The van der Waals surface area contributed by atoms with E-state index in [0.29, 0.717) is 37.5 Å². The minimum atomic E-state index is -4.95. The molecule has 0 saturated carbocycles. The third-order valence-corrected chi connectivity index (χ3v) is 19.0. The normalized spacial score (nSPS) is 14.2. The minimum absolute atomic E-state index is 0.102. The van der Waals surface area contributed by atoms with Gasteiger partial charge in [0, 0.05) is 25.7 Å². The molecule has 0 heterocycles. The Bertz CT molecular complexity index is 1830. The zero-order chi connectivity index (χ0) is 68.9. The molecule has 93 heavy (non-hydrogen) atoms. The van der Waals surface area contributed by atoms with Gasteiger partial charge >= 0.3 is 39.5 Å². The first-order valence-electron chi connectivity index (χ1n) is 38.2. The Hall–Kier alpha value is -1.94. The van der Waals surface area contributed by atoms with E-state index in [1.54, 1.807) is 0 Å². The number of hydrogen-bond donors (Lipinski definition) is 3. The second-order valence-corrected chi connectivity index (χ2v) is 31.5. The molecule has 0 amide bonds. The van der Waals surface area contributed by atoms with E-state index in [0.717, 1.165) is 108 Å². The van der Waals surface area contributed by atoms with Gasteiger partial charge in [-0.25, -0.2) is 9.13 Å². The third kappa shape index (κ3) is 68.4. The summed E-state index contributed by atoms with van der Waals surface area (Å²) in [6.45, 7) is 14.1. The van der Waals surface area contributed by atoms with Crippen molar-refractivity contribution in [2.45, 2.75) is 388 Å². The molecule has 0 aromatic rings. The smallest absolute Gasteiger partial charge is 0.462 e. The van der Waals surface area contributed by atoms with Gasteiger partial charge in [0.25, 0.3) is 0 Å². The molecule has 2 unspecified atom stereocenters. The maximum absolute atomic E-state index is 13.0. The van der Waals surface area contributed by atoms with Crippen LogP contribution in [0.25, 0.3) is 0 Å². The molecule has 0 radical (unpaired) electrons. The molecule has 3 N–H and O–H groups in total. The maximum Gasteiger partial charge on any atom is 0.472 e. The minimum Gasteiger partial charge on any atom is -0.462 e. The second kappa shape index (κ2) is 63.5. The van der Waals surface area contributed by atoms with Crippen LogP contribution in [0.1, 0.15) is 370 Å². The standard InChI is InChI=1S/C74H144O17P2/c1-64(2)50-42-34-26-22-18-14-11-9-10-12-16-20-24-28-38-46-54-71(76)84-60-70(91-74(79)57-49-41-33-31-37-45-53-67(7)8)63-89-93(82,83)87-59-68(75)58-86-92(80,81)88-62-69(61-85-72(77)55-47-39-32-30-36-44-52-66(5)6)90-73(78)56-48-40-29-25-21-17-13-15-19-23-27-35-43-51-65(3)4/h64-70,75H,9-63H2,1-8H3,(H,80,81)(H,82,83)/t68-,69+,70+/m0/s1. The van der Waals surface area contributed by atoms with Crippen molar-refractivity contribution in [1.82, 2.24) is 0 Å². The highest BCUT2D eigenvalue weighted by Crippen LogP contribution is 2.45. The van der Waals surface area contributed by atoms with Crippen molar-refractivity contribution in [3.63, 3.8) is 0 Å². The lowest BCUT2D eigenvalue weighted by molar-refractivity contribution is -0.161. The van der Waals surface area contributed by atoms with Crippen molar-refractivity contribution in [3.05, 3.63) is 0 Å². The average molecular weight is 1370 g/mol. The number of carbonyl (C=O) groups excluding carboxylic acids is 4. The van der Waals surface area contributed by atoms with E-state index in [2.05, 4.69) is 55.4 Å². The number of rotatable bonds is 71. The molecule has 0 fully saturated rings. The molecule has 0 bridgehead atoms. The molecular weight excluding hydrogens is 1220 g/mol. The van der Waals surface area contributed by atoms with Crippen LogP contribution in [-0.4, -0.2) is 96.7 Å². The van der Waals surface area contributed by atoms with Crippen LogP contribution in [0.2, 0.25) is 0 Å². The van der Waals surface area contributed by atoms with Gasteiger partial charge in [-0.1, -0.05) is 319 Å². The monoisotopic (exact) mass is 1370 g/mol. The number of phosphoric acid groups is 2. The average Bonchev–Trinajstić information content (AvgIpc) is 1.60. The molecule has 0 saturated heterocycles. The van der Waals surface area contributed by atoms with Crippen molar-refractivity contribution in [3.8, 4) is 0 Å². The van der Waals surface area contributed by atoms with Gasteiger partial charge in [-0.3, -0.25) is 37.3 Å². The van der Waals surface area contributed by atoms with Crippen LogP contribution in [0, 0.1) is 23.7 Å². The SMILES string of the molecule is CC(C)CCCCCCCCCCCCCCCCCCC(=O)OC[C@H](COP(=O)(O)OC[C@@H](O)COP(=O)(O)OC[C@@H](COC(=O)CCCCCCCCC(C)C)OC(=O)CCCCCCCCCCCCCCCC(C)C)OC(=O)CCCCCCCCC(C)C. The van der Waals surface area contributed by atoms with Gasteiger partial charge in [-0.15, -0.1) is 0 Å². The summed E-state index contributed by atoms with van der Waals surface area (Å²) in [6.07, 6.45) is 47.6. The molecule has 19 heteroatoms. The molecule has 0 rings (SSSR count). The number of carbonyl (C=O) groups is 4. The van der Waals surface area contributed by atoms with Crippen molar-refractivity contribution in [1.29, 1.82) is 0 Å². The molecule has 0 aliphatic carbocycles. The highest BCUT2D eigenvalue weighted by Gasteiger charge is 2.30. The zero-order valence-electron chi connectivity index (χ0n) is 60.9. The highest BCUT2D eigenvalue weighted by atomic mass is 31.2. The van der Waals surface area contributed by atoms with Gasteiger partial charge in [0.2, 0.25) is 0 Å². The van der Waals surface area contributed by atoms with Crippen molar-refractivity contribution in [2.75, 3.05) is 39.6 Å². The molecule has 0 spiro atoms. The molecule has 0 aromatic carbocycles. The fourth-order valence-electron chi connectivity index (χ4n) is 11.2. The van der Waals surface area contributed by atoms with E-state index in [1.807, 2.05) is 0 Å². The van der Waals surface area contributed by atoms with E-state index < -0.39 is 97.5 Å². The van der Waals surface area contributed by atoms with Gasteiger partial charge in [0.05, 0.1) is 26.4 Å². The summed E-state index contributed by atoms with van der Waals surface area (Å²) in [6, 6.07) is 0. The van der Waals surface area contributed by atoms with Crippen LogP contribution in [0.3, 0.4) is 0 Å². The lowest BCUT2D eigenvalue weighted by Crippen LogP contribution is -2.30. The molecule has 17 nitrogen and oxygen atoms in total. The summed E-state index contributed by atoms with van der Waals surface area (Å²) < 4.78 is 68.3. The predicted octanol–water partition coefficient (Wildman–Crippen LogP) is 21.3. The van der Waals surface area contributed by atoms with E-state index in [4.69, 9.17) is 37.0 Å². The lowest BCUT2D eigenvalue weighted by Gasteiger charge is -2.21. The van der Waals surface area contributed by atoms with Gasteiger partial charge in [0.1, 0.15) is 19.3 Å². The van der Waals surface area contributed by atoms with Gasteiger partial charge in [-0.2, -0.15) is 0 Å². The number of hydrogen-bond acceptors (Lipinski definition) is 15. The number of unbranched alkanes of at least 4 members (excludes halogenated alkanes) is 37. The summed E-state index contributed by atoms with van der Waals surface area (Å²) in [4.78, 5) is 72.6. The number of phosphoric ester groups is 2. The number of ether oxygens (including phenoxy) is 4. The molecule has 552 valence electrons. The van der Waals surface area contributed by atoms with Gasteiger partial charge in [0.15, 0.2) is 12.2 Å². The van der Waals surface area contributed by atoms with E-state index in [-0.39, 0.29) is 25.7 Å². The van der Waals surface area contributed by atoms with Crippen LogP contribution in [0.4, 0.5) is 0 Å². The van der Waals surface area contributed by atoms with Gasteiger partial charge in [-0.05, 0) is 49.4 Å². The summed E-state index contributed by atoms with van der Waals surface area (Å²) in [5, 5.41) is 10.6. The molecule has 0 aliphatic rings. The Morgan fingerprint density at radius 1 is 0.269 bits per heavy atom. The van der Waals surface area contributed by atoms with E-state index in [1.165, 1.54) is 167 Å². The lowest BCUT2D eigenvalue weighted by atomic mass is 10.0. The largest absolute Gasteiger partial charge is 0.472 e. The Morgan fingerprint density at radius 3 is 0.667 bits per heavy atom. The third-order valence-electron chi connectivity index (χ3n) is 17.1. The van der Waals surface area contributed by atoms with Crippen LogP contribution in [0.5, 0.6) is 0 Å². The maximum atomic E-state index is 13.0. The van der Waals surface area contributed by atoms with E-state index in [9.17, 15) is 43.2 Å². The van der Waals surface area contributed by atoms with Gasteiger partial charge < -0.3 is 33.8 Å². The molecule has 5 atom stereocenters. The fourth-order valence-corrected chi connectivity index (χ4v) is 12.8. The Kier molecular flexibility index (Phi) is 62.2. The number of aliphatic hydroxyl groups excluding tert-OH is 1. The van der Waals surface area contributed by atoms with Crippen LogP contribution in [-0.2, 0) is 65.4 Å². The quantitative estimate of drug-likeness (QED) is 0.0222. The fraction of sp³-hybridized carbons (Fsp3) is 0.946. The summed E-state index contributed by atoms with van der Waals surface area (Å²) in [5.74, 6) is 0.818. The Balaban J connectivity index is 5.14. The van der Waals surface area contributed by atoms with Crippen LogP contribution in [0.15, 0.2) is 0 Å². The highest BCUT2D eigenvalue weighted by molar-refractivity contribution is 7.47. The summed E-state index contributed by atoms with van der Waals surface area (Å²) in [5.41, 5.74) is 0. The molecule has 0 aromatic heterocycles. The second-order valence-electron chi connectivity index (χ2n) is 28.6. The predicted molar refractivity (Wildman–Crippen MR) is 377 cm³/mol. The summed E-state index contributed by atoms with van der Waals surface area (Å²) in [7, 11) is -9.91. The Morgan fingerprint density at radius 2 is 0.452 bits per heavy atom. The van der Waals surface area contributed by atoms with Crippen molar-refractivity contribution >= 4 is 39.5 Å². The molecular formula is C74H144O17P2. The first-order chi connectivity index (χ1) is 44.6. The molecule has 0 aliphatic heterocycles. The zero-order valence-corrected chi connectivity index (χ0v) is 62.7. The van der Waals surface area contributed by atoms with Crippen molar-refractivity contribution < 1.29 is 80.2 Å². The number of aliphatic hydroxyl groups is 1. The Labute approximate surface area is 568 Å².